The number of rotatable bonds is 29. The van der Waals surface area contributed by atoms with Crippen LogP contribution in [0.3, 0.4) is 0 Å². The Hall–Kier alpha value is -3.26. The van der Waals surface area contributed by atoms with Crippen molar-refractivity contribution in [2.75, 3.05) is 107 Å². The number of likely N-dealkylation sites (N-methyl/N-ethyl adjacent to an activating group) is 2. The van der Waals surface area contributed by atoms with Crippen LogP contribution in [-0.2, 0) is 47.7 Å². The van der Waals surface area contributed by atoms with Crippen LogP contribution < -0.4 is 16.5 Å². The van der Waals surface area contributed by atoms with Gasteiger partial charge in [0.25, 0.3) is 0 Å². The summed E-state index contributed by atoms with van der Waals surface area (Å²) in [6.07, 6.45) is 1.06. The normalized spacial score (nSPS) is 15.7. The van der Waals surface area contributed by atoms with Gasteiger partial charge in [0.15, 0.2) is 0 Å². The molecule has 0 aromatic heterocycles. The fourth-order valence-electron chi connectivity index (χ4n) is 7.00. The van der Waals surface area contributed by atoms with Crippen molar-refractivity contribution in [3.8, 4) is 0 Å². The number of nitrogens with zero attached hydrogens (tertiary/aromatic N) is 3. The highest BCUT2D eigenvalue weighted by Gasteiger charge is 2.42. The van der Waals surface area contributed by atoms with E-state index in [9.17, 15) is 19.2 Å². The van der Waals surface area contributed by atoms with Crippen LogP contribution in [0.4, 0.5) is 0 Å². The molecule has 0 aliphatic carbocycles. The van der Waals surface area contributed by atoms with E-state index in [-0.39, 0.29) is 61.7 Å². The van der Waals surface area contributed by atoms with Crippen molar-refractivity contribution in [3.05, 3.63) is 35.9 Å². The number of carbonyl (C=O) groups excluding carboxylic acids is 4. The molecule has 1 aromatic rings. The number of methoxy groups -OCH3 is 2. The Kier molecular flexibility index (Phi) is 38.0. The number of aryl methyl sites for hydroxylation is 1. The summed E-state index contributed by atoms with van der Waals surface area (Å²) in [5.41, 5.74) is 0.395. The maximum atomic E-state index is 13.9. The molecule has 6 unspecified atom stereocenters. The molecule has 66 heavy (non-hydrogen) atoms. The Labute approximate surface area is 399 Å². The van der Waals surface area contributed by atoms with E-state index in [2.05, 4.69) is 55.3 Å². The first-order valence-corrected chi connectivity index (χ1v) is 23.9. The van der Waals surface area contributed by atoms with Gasteiger partial charge in [-0.05, 0) is 52.5 Å². The topological polar surface area (TPSA) is 204 Å². The van der Waals surface area contributed by atoms with Crippen molar-refractivity contribution in [2.45, 2.75) is 132 Å². The molecule has 5 N–H and O–H groups in total. The van der Waals surface area contributed by atoms with Gasteiger partial charge in [-0.1, -0.05) is 97.7 Å². The summed E-state index contributed by atoms with van der Waals surface area (Å²) in [5.74, 6) is 4.19. The summed E-state index contributed by atoms with van der Waals surface area (Å²) < 4.78 is 28.1. The quantitative estimate of drug-likeness (QED) is 0.0648. The molecule has 2 rings (SSSR count). The van der Waals surface area contributed by atoms with E-state index in [4.69, 9.17) is 34.7 Å². The van der Waals surface area contributed by atoms with Crippen LogP contribution in [0.25, 0.3) is 0 Å². The third-order valence-corrected chi connectivity index (χ3v) is 11.2. The monoisotopic (exact) mass is 943 g/mol. The molecule has 6 atom stereocenters. The Morgan fingerprint density at radius 2 is 1.42 bits per heavy atom. The summed E-state index contributed by atoms with van der Waals surface area (Å²) in [4.78, 5) is 63.1. The maximum Gasteiger partial charge on any atom is 0.242 e. The average Bonchev–Trinajstić information content (AvgIpc) is 3.79. The first kappa shape index (κ1) is 64.8. The van der Waals surface area contributed by atoms with Crippen molar-refractivity contribution in [1.82, 2.24) is 25.3 Å². The molecule has 1 aromatic carbocycles. The smallest absolute Gasteiger partial charge is 0.242 e. The molecule has 17 nitrogen and oxygen atoms in total. The summed E-state index contributed by atoms with van der Waals surface area (Å²) in [5, 5.41) is 14.6. The molecular weight excluding hydrogens is 849 g/mol. The van der Waals surface area contributed by atoms with Gasteiger partial charge in [0.1, 0.15) is 0 Å². The Morgan fingerprint density at radius 3 is 1.89 bits per heavy atom. The lowest BCUT2D eigenvalue weighted by atomic mass is 9.90. The van der Waals surface area contributed by atoms with E-state index in [1.54, 1.807) is 37.6 Å². The number of hydrogen-bond donors (Lipinski definition) is 4. The van der Waals surface area contributed by atoms with E-state index in [1.165, 1.54) is 19.8 Å². The zero-order valence-electron chi connectivity index (χ0n) is 43.7. The first-order valence-electron chi connectivity index (χ1n) is 23.9. The van der Waals surface area contributed by atoms with Gasteiger partial charge < -0.3 is 54.1 Å². The SMILES string of the molecule is CC.CC(C)C.CCC(C)C(C(CC(=O)N1CCCC1C(OC)C(C)C(=O)NCCO)OC)N(C)C(=O)CNC(=O)C(C)(C)N(C)CCOCCOCCOCCON.Cc1ccccc1. The zero-order chi connectivity index (χ0) is 50.7. The molecule has 1 aliphatic rings. The van der Waals surface area contributed by atoms with Crippen LogP contribution in [0.5, 0.6) is 0 Å². The van der Waals surface area contributed by atoms with E-state index in [0.717, 1.165) is 18.8 Å². The molecule has 1 aliphatic heterocycles. The standard InChI is InChI=1S/C36H70N6O11.C7H8.C4H10.C2H6/c1-10-26(2)32(29(48-8)24-30(44)42-14-11-12-28(42)33(49-9)27(3)34(46)38-13-16-43)41(7)31(45)25-39-35(47)36(4,5)40(6)15-17-50-18-19-51-20-21-52-22-23-53-37;1-7-5-3-2-4-6-7;1-4(2)3;1-2/h26-29,32-33,43H,10-25,37H2,1-9H3,(H,38,46)(H,39,47);2-6H,1H3;4H,1-3H3;1-2H3. The van der Waals surface area contributed by atoms with Crippen molar-refractivity contribution in [2.24, 2.45) is 23.7 Å². The number of nitrogens with one attached hydrogen (secondary N) is 2. The Bertz CT molecular complexity index is 1390. The highest BCUT2D eigenvalue weighted by Crippen LogP contribution is 2.29. The summed E-state index contributed by atoms with van der Waals surface area (Å²) in [6, 6.07) is 9.51. The molecule has 1 fully saturated rings. The van der Waals surface area contributed by atoms with Gasteiger partial charge in [-0.15, -0.1) is 0 Å². The molecule has 4 amide bonds. The van der Waals surface area contributed by atoms with Gasteiger partial charge in [-0.25, -0.2) is 5.90 Å². The third kappa shape index (κ3) is 26.3. The summed E-state index contributed by atoms with van der Waals surface area (Å²) in [7, 11) is 6.57. The third-order valence-electron chi connectivity index (χ3n) is 11.2. The minimum Gasteiger partial charge on any atom is -0.395 e. The van der Waals surface area contributed by atoms with Crippen LogP contribution in [0, 0.1) is 24.7 Å². The average molecular weight is 943 g/mol. The fourth-order valence-corrected chi connectivity index (χ4v) is 7.00. The predicted molar refractivity (Wildman–Crippen MR) is 262 cm³/mol. The number of carbonyl (C=O) groups is 4. The molecule has 0 saturated carbocycles. The highest BCUT2D eigenvalue weighted by atomic mass is 16.6. The van der Waals surface area contributed by atoms with Gasteiger partial charge in [0, 0.05) is 40.9 Å². The number of amides is 4. The van der Waals surface area contributed by atoms with E-state index in [1.807, 2.05) is 57.8 Å². The van der Waals surface area contributed by atoms with Crippen molar-refractivity contribution >= 4 is 23.6 Å². The van der Waals surface area contributed by atoms with Gasteiger partial charge in [-0.2, -0.15) is 0 Å². The van der Waals surface area contributed by atoms with Crippen molar-refractivity contribution < 1.29 is 52.8 Å². The van der Waals surface area contributed by atoms with Crippen LogP contribution in [0.2, 0.25) is 0 Å². The molecule has 0 radical (unpaired) electrons. The van der Waals surface area contributed by atoms with Crippen molar-refractivity contribution in [1.29, 1.82) is 0 Å². The van der Waals surface area contributed by atoms with Crippen LogP contribution in [0.1, 0.15) is 100 Å². The van der Waals surface area contributed by atoms with Crippen LogP contribution in [-0.4, -0.2) is 181 Å². The van der Waals surface area contributed by atoms with Gasteiger partial charge in [0.05, 0.1) is 102 Å². The van der Waals surface area contributed by atoms with Crippen LogP contribution >= 0.6 is 0 Å². The van der Waals surface area contributed by atoms with E-state index in [0.29, 0.717) is 65.8 Å². The Balaban J connectivity index is 0. The number of aliphatic hydroxyl groups is 1. The van der Waals surface area contributed by atoms with Gasteiger partial charge in [0.2, 0.25) is 23.6 Å². The van der Waals surface area contributed by atoms with Crippen molar-refractivity contribution in [3.63, 3.8) is 0 Å². The lowest BCUT2D eigenvalue weighted by molar-refractivity contribution is -0.146. The summed E-state index contributed by atoms with van der Waals surface area (Å²) in [6.45, 7) is 25.5. The van der Waals surface area contributed by atoms with Gasteiger partial charge in [-0.3, -0.25) is 24.1 Å². The first-order chi connectivity index (χ1) is 31.3. The van der Waals surface area contributed by atoms with E-state index >= 15 is 0 Å². The maximum absolute atomic E-state index is 13.9. The highest BCUT2D eigenvalue weighted by molar-refractivity contribution is 5.89. The molecule has 1 heterocycles. The molecule has 0 spiro atoms. The van der Waals surface area contributed by atoms with Crippen LogP contribution in [0.15, 0.2) is 30.3 Å². The number of likely N-dealkylation sites (tertiary alicyclic amines) is 1. The fraction of sp³-hybridized carbons (Fsp3) is 0.796. The molecular formula is C49H94N6O11. The van der Waals surface area contributed by atoms with E-state index < -0.39 is 29.7 Å². The predicted octanol–water partition coefficient (Wildman–Crippen LogP) is 4.47. The second kappa shape index (κ2) is 38.7. The number of ether oxygens (including phenoxy) is 5. The largest absolute Gasteiger partial charge is 0.395 e. The minimum absolute atomic E-state index is 0.0218. The molecule has 17 heteroatoms. The lowest BCUT2D eigenvalue weighted by Crippen LogP contribution is -2.57. The Morgan fingerprint density at radius 1 is 0.879 bits per heavy atom. The molecule has 386 valence electrons. The second-order valence-corrected chi connectivity index (χ2v) is 17.4. The number of aliphatic hydroxyl groups excluding tert-OH is 1. The molecule has 0 bridgehead atoms. The number of nitrogens with two attached hydrogens (primary N) is 1. The lowest BCUT2D eigenvalue weighted by Gasteiger charge is -2.39. The minimum atomic E-state index is -0.926. The number of benzene rings is 1. The van der Waals surface area contributed by atoms with Gasteiger partial charge >= 0.3 is 0 Å². The summed E-state index contributed by atoms with van der Waals surface area (Å²) >= 11 is 0. The number of hydrogen-bond acceptors (Lipinski definition) is 13. The second-order valence-electron chi connectivity index (χ2n) is 17.4. The zero-order valence-corrected chi connectivity index (χ0v) is 43.7. The molecule has 1 saturated heterocycles.